The summed E-state index contributed by atoms with van der Waals surface area (Å²) in [6, 6.07) is 15.0. The second-order valence-corrected chi connectivity index (χ2v) is 11.4. The van der Waals surface area contributed by atoms with Gasteiger partial charge in [0.25, 0.3) is 0 Å². The van der Waals surface area contributed by atoms with Crippen molar-refractivity contribution in [3.8, 4) is 28.6 Å². The molecule has 0 bridgehead atoms. The molecule has 252 valence electrons. The Morgan fingerprint density at radius 1 is 1.02 bits per heavy atom. The summed E-state index contributed by atoms with van der Waals surface area (Å²) in [6.07, 6.45) is -8.80. The molecule has 5 rings (SSSR count). The largest absolute Gasteiger partial charge is 0.573 e. The number of benzene rings is 3. The van der Waals surface area contributed by atoms with E-state index in [4.69, 9.17) is 4.74 Å². The molecule has 1 fully saturated rings. The number of aromatic nitrogens is 3. The lowest BCUT2D eigenvalue weighted by Crippen LogP contribution is -2.35. The van der Waals surface area contributed by atoms with Gasteiger partial charge in [-0.15, -0.1) is 18.3 Å². The summed E-state index contributed by atoms with van der Waals surface area (Å²) >= 11 is 0.939. The van der Waals surface area contributed by atoms with Crippen LogP contribution in [0.3, 0.4) is 0 Å². The average Bonchev–Trinajstić information content (AvgIpc) is 3.63. The Morgan fingerprint density at radius 3 is 2.35 bits per heavy atom. The first-order chi connectivity index (χ1) is 22.7. The van der Waals surface area contributed by atoms with Gasteiger partial charge in [0.1, 0.15) is 17.8 Å². The molecular weight excluding hydrogens is 666 g/mol. The van der Waals surface area contributed by atoms with E-state index in [9.17, 15) is 35.9 Å². The number of anilines is 1. The van der Waals surface area contributed by atoms with Crippen LogP contribution in [0.5, 0.6) is 11.5 Å². The molecule has 3 aromatic carbocycles. The number of amidine groups is 1. The van der Waals surface area contributed by atoms with Crippen LogP contribution in [0.25, 0.3) is 17.1 Å². The molecule has 1 N–H and O–H groups in total. The number of carbonyl (C=O) groups is 2. The van der Waals surface area contributed by atoms with Crippen LogP contribution in [0.1, 0.15) is 18.1 Å². The van der Waals surface area contributed by atoms with Gasteiger partial charge in [0.15, 0.2) is 11.0 Å². The van der Waals surface area contributed by atoms with Crippen molar-refractivity contribution in [1.82, 2.24) is 20.1 Å². The van der Waals surface area contributed by atoms with Crippen molar-refractivity contribution in [2.45, 2.75) is 38.3 Å². The molecule has 1 unspecified atom stereocenters. The van der Waals surface area contributed by atoms with Crippen LogP contribution in [-0.4, -0.2) is 63.3 Å². The van der Waals surface area contributed by atoms with Gasteiger partial charge in [-0.1, -0.05) is 42.1 Å². The number of nitrogens with one attached hydrogen (secondary N) is 1. The van der Waals surface area contributed by atoms with Gasteiger partial charge in [0.2, 0.25) is 5.91 Å². The van der Waals surface area contributed by atoms with Gasteiger partial charge in [-0.25, -0.2) is 14.5 Å². The second-order valence-electron chi connectivity index (χ2n) is 10.5. The van der Waals surface area contributed by atoms with Crippen LogP contribution in [0.15, 0.2) is 78.0 Å². The van der Waals surface area contributed by atoms with Crippen LogP contribution in [0.4, 0.5) is 36.8 Å². The number of amides is 3. The summed E-state index contributed by atoms with van der Waals surface area (Å²) in [5, 5.41) is 7.05. The predicted octanol–water partition coefficient (Wildman–Crippen LogP) is 6.72. The van der Waals surface area contributed by atoms with Gasteiger partial charge >= 0.3 is 18.6 Å². The molecular formula is C31H26F6N6O4S. The number of carbonyl (C=O) groups excluding carboxylic acids is 2. The molecule has 0 spiro atoms. The summed E-state index contributed by atoms with van der Waals surface area (Å²) in [4.78, 5) is 34.8. The van der Waals surface area contributed by atoms with E-state index >= 15 is 0 Å². The summed E-state index contributed by atoms with van der Waals surface area (Å²) in [5.74, 6) is -0.379. The fourth-order valence-electron chi connectivity index (χ4n) is 4.77. The number of alkyl halides is 6. The van der Waals surface area contributed by atoms with Crippen molar-refractivity contribution < 1.29 is 45.4 Å². The maximum Gasteiger partial charge on any atom is 0.573 e. The number of halogens is 6. The highest BCUT2D eigenvalue weighted by Crippen LogP contribution is 2.36. The van der Waals surface area contributed by atoms with E-state index in [1.807, 2.05) is 12.1 Å². The predicted molar refractivity (Wildman–Crippen MR) is 165 cm³/mol. The van der Waals surface area contributed by atoms with Crippen LogP contribution < -0.4 is 19.7 Å². The van der Waals surface area contributed by atoms with E-state index < -0.39 is 36.9 Å². The third-order valence-corrected chi connectivity index (χ3v) is 7.76. The topological polar surface area (TPSA) is 111 Å². The van der Waals surface area contributed by atoms with E-state index in [0.29, 0.717) is 23.5 Å². The maximum atomic E-state index is 13.3. The Kier molecular flexibility index (Phi) is 9.98. The zero-order valence-electron chi connectivity index (χ0n) is 25.2. The number of thioether (sulfide) groups is 1. The first-order valence-corrected chi connectivity index (χ1v) is 15.1. The average molecular weight is 693 g/mol. The van der Waals surface area contributed by atoms with E-state index in [0.717, 1.165) is 22.2 Å². The number of hydrogen-bond donors (Lipinski definition) is 1. The Morgan fingerprint density at radius 2 is 1.71 bits per heavy atom. The fourth-order valence-corrected chi connectivity index (χ4v) is 5.63. The first kappa shape index (κ1) is 34.3. The molecule has 1 aliphatic rings. The Labute approximate surface area is 273 Å². The van der Waals surface area contributed by atoms with E-state index in [-0.39, 0.29) is 33.7 Å². The zero-order valence-corrected chi connectivity index (χ0v) is 26.0. The Hall–Kier alpha value is -5.06. The number of aliphatic imine (C=N–C) groups is 1. The summed E-state index contributed by atoms with van der Waals surface area (Å²) < 4.78 is 87.5. The lowest BCUT2D eigenvalue weighted by atomic mass is 10.1. The standard InChI is InChI=1S/C31H26F6N6O4S/c1-18(39-28(45)40-29-43(26(44)16-48-29)25-14-24(46-2)10-7-21(25)15-30(32,33)34)13-19-3-5-20(6-4-19)27-38-17-42(41-27)22-8-11-23(12-9-22)47-31(35,36)37/h3-12,14,17-18H,13,15-16H2,1-2H3,(H,39,45)/b40-29-. The molecule has 10 nitrogen and oxygen atoms in total. The van der Waals surface area contributed by atoms with Crippen LogP contribution >= 0.6 is 11.8 Å². The van der Waals surface area contributed by atoms with Gasteiger partial charge in [0.05, 0.1) is 30.7 Å². The Balaban J connectivity index is 1.22. The van der Waals surface area contributed by atoms with Crippen molar-refractivity contribution >= 4 is 34.6 Å². The van der Waals surface area contributed by atoms with Crippen molar-refractivity contribution in [1.29, 1.82) is 0 Å². The number of nitrogens with zero attached hydrogens (tertiary/aromatic N) is 5. The summed E-state index contributed by atoms with van der Waals surface area (Å²) in [5.41, 5.74) is 1.76. The van der Waals surface area contributed by atoms with Gasteiger partial charge in [-0.2, -0.15) is 18.2 Å². The number of rotatable bonds is 9. The molecule has 1 aliphatic heterocycles. The normalized spacial score (nSPS) is 15.1. The van der Waals surface area contributed by atoms with Crippen LogP contribution in [-0.2, 0) is 17.6 Å². The highest BCUT2D eigenvalue weighted by molar-refractivity contribution is 8.15. The smallest absolute Gasteiger partial charge is 0.497 e. The van der Waals surface area contributed by atoms with Crippen LogP contribution in [0.2, 0.25) is 0 Å². The molecule has 0 aliphatic carbocycles. The van der Waals surface area contributed by atoms with E-state index in [2.05, 4.69) is 25.1 Å². The third kappa shape index (κ3) is 8.84. The SMILES string of the molecule is COc1ccc(CC(F)(F)F)c(N2C(=O)CS/C2=N\C(=O)NC(C)Cc2ccc(-c3ncn(-c4ccc(OC(F)(F)F)cc4)n3)cc2)c1. The molecule has 0 radical (unpaired) electrons. The zero-order chi connectivity index (χ0) is 34.6. The lowest BCUT2D eigenvalue weighted by Gasteiger charge is -2.21. The van der Waals surface area contributed by atoms with Gasteiger partial charge in [0, 0.05) is 17.7 Å². The monoisotopic (exact) mass is 692 g/mol. The molecule has 1 aromatic heterocycles. The second kappa shape index (κ2) is 14.0. The highest BCUT2D eigenvalue weighted by atomic mass is 32.2. The van der Waals surface area contributed by atoms with E-state index in [1.54, 1.807) is 19.1 Å². The lowest BCUT2D eigenvalue weighted by molar-refractivity contribution is -0.274. The van der Waals surface area contributed by atoms with Gasteiger partial charge < -0.3 is 14.8 Å². The minimum absolute atomic E-state index is 0.0525. The van der Waals surface area contributed by atoms with Crippen molar-refractivity contribution in [2.24, 2.45) is 4.99 Å². The molecule has 48 heavy (non-hydrogen) atoms. The number of urea groups is 1. The number of ether oxygens (including phenoxy) is 2. The summed E-state index contributed by atoms with van der Waals surface area (Å²) in [6.45, 7) is 1.74. The Bertz CT molecular complexity index is 1810. The van der Waals surface area contributed by atoms with Crippen molar-refractivity contribution in [3.05, 3.63) is 84.2 Å². The highest BCUT2D eigenvalue weighted by Gasteiger charge is 2.36. The molecule has 3 amide bonds. The fraction of sp³-hybridized carbons (Fsp3) is 0.258. The summed E-state index contributed by atoms with van der Waals surface area (Å²) in [7, 11) is 1.34. The third-order valence-electron chi connectivity index (χ3n) is 6.84. The minimum Gasteiger partial charge on any atom is -0.497 e. The molecule has 2 heterocycles. The molecule has 0 saturated carbocycles. The van der Waals surface area contributed by atoms with E-state index in [1.165, 1.54) is 60.6 Å². The number of methoxy groups -OCH3 is 1. The van der Waals surface area contributed by atoms with Gasteiger partial charge in [-0.05, 0) is 54.8 Å². The first-order valence-electron chi connectivity index (χ1n) is 14.1. The number of hydrogen-bond acceptors (Lipinski definition) is 7. The molecule has 1 atom stereocenters. The molecule has 1 saturated heterocycles. The van der Waals surface area contributed by atoms with Crippen LogP contribution in [0, 0.1) is 0 Å². The van der Waals surface area contributed by atoms with Crippen molar-refractivity contribution in [2.75, 3.05) is 17.8 Å². The quantitative estimate of drug-likeness (QED) is 0.194. The molecule has 4 aromatic rings. The molecule has 17 heteroatoms. The minimum atomic E-state index is -4.79. The maximum absolute atomic E-state index is 13.3. The van der Waals surface area contributed by atoms with Gasteiger partial charge in [-0.3, -0.25) is 9.69 Å². The van der Waals surface area contributed by atoms with Crippen molar-refractivity contribution in [3.63, 3.8) is 0 Å².